The molecule has 0 saturated carbocycles. The van der Waals surface area contributed by atoms with Gasteiger partial charge in [-0.3, -0.25) is 4.72 Å². The number of carbonyl (C=O) groups is 1. The highest BCUT2D eigenvalue weighted by Gasteiger charge is 2.25. The van der Waals surface area contributed by atoms with Crippen molar-refractivity contribution in [2.45, 2.75) is 26.2 Å². The minimum atomic E-state index is -3.69. The number of nitrogens with one attached hydrogen (secondary N) is 1. The van der Waals surface area contributed by atoms with Gasteiger partial charge in [0.05, 0.1) is 11.3 Å². The van der Waals surface area contributed by atoms with Crippen LogP contribution in [0.5, 0.6) is 0 Å². The van der Waals surface area contributed by atoms with Crippen molar-refractivity contribution in [3.05, 3.63) is 29.3 Å². The van der Waals surface area contributed by atoms with Crippen LogP contribution in [0.15, 0.2) is 18.2 Å². The van der Waals surface area contributed by atoms with Crippen molar-refractivity contribution in [2.75, 3.05) is 17.8 Å². The summed E-state index contributed by atoms with van der Waals surface area (Å²) in [5.74, 6) is -1.14. The lowest BCUT2D eigenvalue weighted by Crippen LogP contribution is -2.39. The summed E-state index contributed by atoms with van der Waals surface area (Å²) < 4.78 is 28.3. The predicted octanol–water partition coefficient (Wildman–Crippen LogP) is 1.84. The van der Waals surface area contributed by atoms with Crippen molar-refractivity contribution in [3.63, 3.8) is 0 Å². The highest BCUT2D eigenvalue weighted by Crippen LogP contribution is 2.22. The van der Waals surface area contributed by atoms with E-state index in [-0.39, 0.29) is 11.3 Å². The first-order valence-corrected chi connectivity index (χ1v) is 7.96. The van der Waals surface area contributed by atoms with E-state index in [1.807, 2.05) is 0 Å². The third-order valence-electron chi connectivity index (χ3n) is 3.38. The first-order valence-electron chi connectivity index (χ1n) is 6.52. The number of carboxylic acids is 1. The summed E-state index contributed by atoms with van der Waals surface area (Å²) in [5.41, 5.74) is 0.632. The van der Waals surface area contributed by atoms with Gasteiger partial charge in [0.15, 0.2) is 0 Å². The fraction of sp³-hybridized carbons (Fsp3) is 0.462. The van der Waals surface area contributed by atoms with Gasteiger partial charge in [0.1, 0.15) is 0 Å². The zero-order chi connectivity index (χ0) is 14.8. The smallest absolute Gasteiger partial charge is 0.338 e. The number of carboxylic acid groups (broad SMARTS) is 1. The number of hydrogen-bond acceptors (Lipinski definition) is 3. The molecule has 2 rings (SSSR count). The van der Waals surface area contributed by atoms with Crippen molar-refractivity contribution in [1.82, 2.24) is 4.31 Å². The van der Waals surface area contributed by atoms with Crippen LogP contribution in [-0.2, 0) is 10.2 Å². The van der Waals surface area contributed by atoms with Crippen molar-refractivity contribution in [1.29, 1.82) is 0 Å². The van der Waals surface area contributed by atoms with E-state index in [2.05, 4.69) is 4.72 Å². The Labute approximate surface area is 118 Å². The van der Waals surface area contributed by atoms with E-state index in [4.69, 9.17) is 0 Å². The molecule has 1 aliphatic rings. The molecule has 0 unspecified atom stereocenters. The number of aryl methyl sites for hydroxylation is 1. The largest absolute Gasteiger partial charge is 0.478 e. The Kier molecular flexibility index (Phi) is 4.29. The summed E-state index contributed by atoms with van der Waals surface area (Å²) in [6.07, 6.45) is 2.69. The van der Waals surface area contributed by atoms with Gasteiger partial charge in [-0.05, 0) is 31.4 Å². The van der Waals surface area contributed by atoms with Crippen molar-refractivity contribution in [3.8, 4) is 0 Å². The Balaban J connectivity index is 2.29. The molecule has 1 heterocycles. The monoisotopic (exact) mass is 298 g/mol. The first kappa shape index (κ1) is 14.8. The van der Waals surface area contributed by atoms with E-state index in [1.54, 1.807) is 19.1 Å². The Morgan fingerprint density at radius 1 is 1.25 bits per heavy atom. The summed E-state index contributed by atoms with van der Waals surface area (Å²) in [6.45, 7) is 2.59. The van der Waals surface area contributed by atoms with Crippen LogP contribution in [0, 0.1) is 6.92 Å². The van der Waals surface area contributed by atoms with Crippen molar-refractivity contribution >= 4 is 21.9 Å². The van der Waals surface area contributed by atoms with E-state index >= 15 is 0 Å². The van der Waals surface area contributed by atoms with Gasteiger partial charge in [0, 0.05) is 13.1 Å². The molecule has 0 spiro atoms. The van der Waals surface area contributed by atoms with Crippen LogP contribution in [0.3, 0.4) is 0 Å². The molecule has 0 amide bonds. The molecule has 1 saturated heterocycles. The average Bonchev–Trinajstić information content (AvgIpc) is 2.39. The lowest BCUT2D eigenvalue weighted by Gasteiger charge is -2.26. The van der Waals surface area contributed by atoms with Crippen LogP contribution >= 0.6 is 0 Å². The maximum absolute atomic E-state index is 12.3. The summed E-state index contributed by atoms with van der Waals surface area (Å²) in [4.78, 5) is 11.3. The average molecular weight is 298 g/mol. The fourth-order valence-corrected chi connectivity index (χ4v) is 3.66. The van der Waals surface area contributed by atoms with Gasteiger partial charge in [-0.1, -0.05) is 18.6 Å². The van der Waals surface area contributed by atoms with Gasteiger partial charge in [0.25, 0.3) is 0 Å². The van der Waals surface area contributed by atoms with Crippen LogP contribution in [0.25, 0.3) is 0 Å². The van der Waals surface area contributed by atoms with Crippen LogP contribution in [0.2, 0.25) is 0 Å². The molecule has 1 aliphatic heterocycles. The van der Waals surface area contributed by atoms with Gasteiger partial charge in [-0.2, -0.15) is 12.7 Å². The molecule has 1 aromatic carbocycles. The molecule has 0 radical (unpaired) electrons. The second-order valence-electron chi connectivity index (χ2n) is 4.87. The number of nitrogens with zero attached hydrogens (tertiary/aromatic N) is 1. The molecule has 0 bridgehead atoms. The lowest BCUT2D eigenvalue weighted by molar-refractivity contribution is 0.0697. The normalized spacial score (nSPS) is 16.9. The molecule has 1 fully saturated rings. The van der Waals surface area contributed by atoms with Crippen molar-refractivity contribution in [2.24, 2.45) is 0 Å². The van der Waals surface area contributed by atoms with E-state index in [9.17, 15) is 18.3 Å². The topological polar surface area (TPSA) is 86.7 Å². The maximum Gasteiger partial charge on any atom is 0.338 e. The number of piperidine rings is 1. The highest BCUT2D eigenvalue weighted by molar-refractivity contribution is 7.90. The summed E-state index contributed by atoms with van der Waals surface area (Å²) in [6, 6.07) is 4.75. The van der Waals surface area contributed by atoms with E-state index in [0.717, 1.165) is 19.3 Å². The van der Waals surface area contributed by atoms with Gasteiger partial charge in [0.2, 0.25) is 0 Å². The molecular weight excluding hydrogens is 280 g/mol. The quantitative estimate of drug-likeness (QED) is 0.888. The van der Waals surface area contributed by atoms with Gasteiger partial charge >= 0.3 is 16.2 Å². The Morgan fingerprint density at radius 2 is 1.90 bits per heavy atom. The lowest BCUT2D eigenvalue weighted by atomic mass is 10.1. The zero-order valence-electron chi connectivity index (χ0n) is 11.3. The minimum absolute atomic E-state index is 0.00640. The van der Waals surface area contributed by atoms with E-state index in [0.29, 0.717) is 18.7 Å². The third kappa shape index (κ3) is 3.10. The van der Waals surface area contributed by atoms with Gasteiger partial charge < -0.3 is 5.11 Å². The Hall–Kier alpha value is -1.60. The second-order valence-corrected chi connectivity index (χ2v) is 6.54. The molecule has 0 aromatic heterocycles. The van der Waals surface area contributed by atoms with Crippen molar-refractivity contribution < 1.29 is 18.3 Å². The summed E-state index contributed by atoms with van der Waals surface area (Å²) in [7, 11) is -3.69. The van der Waals surface area contributed by atoms with E-state index < -0.39 is 16.2 Å². The minimum Gasteiger partial charge on any atom is -0.478 e. The first-order chi connectivity index (χ1) is 9.42. The second kappa shape index (κ2) is 5.80. The molecule has 110 valence electrons. The van der Waals surface area contributed by atoms with Crippen LogP contribution < -0.4 is 4.72 Å². The third-order valence-corrected chi connectivity index (χ3v) is 4.90. The van der Waals surface area contributed by atoms with Gasteiger partial charge in [-0.25, -0.2) is 4.79 Å². The van der Waals surface area contributed by atoms with Crippen LogP contribution in [0.4, 0.5) is 5.69 Å². The molecule has 6 nitrogen and oxygen atoms in total. The molecule has 1 aromatic rings. The number of anilines is 1. The molecule has 7 heteroatoms. The number of rotatable bonds is 4. The fourth-order valence-electron chi connectivity index (χ4n) is 2.35. The molecule has 0 atom stereocenters. The Morgan fingerprint density at radius 3 is 2.50 bits per heavy atom. The summed E-state index contributed by atoms with van der Waals surface area (Å²) in [5, 5.41) is 9.21. The van der Waals surface area contributed by atoms with E-state index in [1.165, 1.54) is 10.4 Å². The molecule has 20 heavy (non-hydrogen) atoms. The van der Waals surface area contributed by atoms with Crippen LogP contribution in [-0.4, -0.2) is 36.9 Å². The molecule has 0 aliphatic carbocycles. The molecule has 2 N–H and O–H groups in total. The summed E-state index contributed by atoms with van der Waals surface area (Å²) >= 11 is 0. The molecular formula is C13H18N2O4S. The standard InChI is InChI=1S/C13H18N2O4S/c1-10-6-5-7-11(12(10)13(16)17)14-20(18,19)15-8-3-2-4-9-15/h5-7,14H,2-4,8-9H2,1H3,(H,16,17). The maximum atomic E-state index is 12.3. The van der Waals surface area contributed by atoms with Crippen LogP contribution in [0.1, 0.15) is 35.2 Å². The van der Waals surface area contributed by atoms with Gasteiger partial charge in [-0.15, -0.1) is 0 Å². The number of hydrogen-bond donors (Lipinski definition) is 2. The SMILES string of the molecule is Cc1cccc(NS(=O)(=O)N2CCCCC2)c1C(=O)O. The highest BCUT2D eigenvalue weighted by atomic mass is 32.2. The predicted molar refractivity (Wildman–Crippen MR) is 76.1 cm³/mol. The number of aromatic carboxylic acids is 1. The number of benzene rings is 1. The Bertz CT molecular complexity index is 607. The zero-order valence-corrected chi connectivity index (χ0v) is 12.1.